The van der Waals surface area contributed by atoms with E-state index in [9.17, 15) is 0 Å². The first kappa shape index (κ1) is 12.0. The van der Waals surface area contributed by atoms with Crippen molar-refractivity contribution in [2.24, 2.45) is 0 Å². The lowest BCUT2D eigenvalue weighted by Gasteiger charge is -2.33. The first-order chi connectivity index (χ1) is 8.25. The van der Waals surface area contributed by atoms with Crippen LogP contribution in [-0.4, -0.2) is 23.4 Å². The number of piperidine rings is 1. The highest BCUT2D eigenvalue weighted by Gasteiger charge is 2.33. The molecule has 92 valence electrons. The van der Waals surface area contributed by atoms with Gasteiger partial charge in [-0.05, 0) is 68.6 Å². The second kappa shape index (κ2) is 4.92. The number of hydrogen-bond donors (Lipinski definition) is 1. The van der Waals surface area contributed by atoms with E-state index in [0.717, 1.165) is 19.1 Å². The molecule has 2 aliphatic rings. The predicted molar refractivity (Wildman–Crippen MR) is 76.1 cm³/mol. The third-order valence-corrected chi connectivity index (χ3v) is 5.56. The van der Waals surface area contributed by atoms with Gasteiger partial charge in [0.05, 0.1) is 0 Å². The van der Waals surface area contributed by atoms with Crippen LogP contribution in [0.25, 0.3) is 0 Å². The van der Waals surface area contributed by atoms with Crippen molar-refractivity contribution in [2.45, 2.75) is 36.7 Å². The highest BCUT2D eigenvalue weighted by Crippen LogP contribution is 2.47. The molecule has 0 spiro atoms. The minimum Gasteiger partial charge on any atom is -0.317 e. The minimum atomic E-state index is 0.538. The summed E-state index contributed by atoms with van der Waals surface area (Å²) in [5.74, 6) is 0. The van der Waals surface area contributed by atoms with Crippen LogP contribution in [0.2, 0.25) is 0 Å². The van der Waals surface area contributed by atoms with Gasteiger partial charge in [-0.2, -0.15) is 0 Å². The van der Waals surface area contributed by atoms with Crippen molar-refractivity contribution in [3.05, 3.63) is 28.2 Å². The largest absolute Gasteiger partial charge is 0.317 e. The van der Waals surface area contributed by atoms with Gasteiger partial charge in [-0.3, -0.25) is 0 Å². The quantitative estimate of drug-likeness (QED) is 0.798. The summed E-state index contributed by atoms with van der Waals surface area (Å²) in [5, 5.41) is 3.44. The van der Waals surface area contributed by atoms with E-state index in [2.05, 4.69) is 50.7 Å². The van der Waals surface area contributed by atoms with Crippen molar-refractivity contribution >= 4 is 27.9 Å². The zero-order valence-corrected chi connectivity index (χ0v) is 12.4. The van der Waals surface area contributed by atoms with Gasteiger partial charge in [-0.15, -0.1) is 0 Å². The molecule has 1 atom stereocenters. The fourth-order valence-electron chi connectivity index (χ4n) is 2.71. The van der Waals surface area contributed by atoms with Crippen molar-refractivity contribution in [1.29, 1.82) is 0 Å². The maximum absolute atomic E-state index is 3.57. The molecule has 0 radical (unpaired) electrons. The van der Waals surface area contributed by atoms with Gasteiger partial charge in [0.25, 0.3) is 0 Å². The van der Waals surface area contributed by atoms with E-state index in [1.165, 1.54) is 27.8 Å². The summed E-state index contributed by atoms with van der Waals surface area (Å²) in [5.41, 5.74) is 1.47. The average Bonchev–Trinajstić information content (AvgIpc) is 2.68. The van der Waals surface area contributed by atoms with E-state index >= 15 is 0 Å². The first-order valence-corrected chi connectivity index (χ1v) is 7.79. The van der Waals surface area contributed by atoms with Crippen molar-refractivity contribution in [3.63, 3.8) is 0 Å². The standard InChI is InChI=1S/C13H17BrN2S/c1-9-12-8-10(14)2-3-13(12)17-16(9)11-4-6-15-7-5-11/h2-3,8-9,11,15H,4-7H2,1H3. The molecule has 1 aromatic carbocycles. The molecule has 0 bridgehead atoms. The second-order valence-electron chi connectivity index (χ2n) is 4.79. The molecule has 0 saturated carbocycles. The van der Waals surface area contributed by atoms with Crippen LogP contribution in [0.5, 0.6) is 0 Å². The molecule has 0 aromatic heterocycles. The monoisotopic (exact) mass is 312 g/mol. The maximum Gasteiger partial charge on any atom is 0.0442 e. The molecule has 17 heavy (non-hydrogen) atoms. The summed E-state index contributed by atoms with van der Waals surface area (Å²) < 4.78 is 3.79. The molecule has 0 amide bonds. The number of nitrogens with zero attached hydrogens (tertiary/aromatic N) is 1. The summed E-state index contributed by atoms with van der Waals surface area (Å²) in [7, 11) is 0. The van der Waals surface area contributed by atoms with Crippen molar-refractivity contribution in [1.82, 2.24) is 9.62 Å². The van der Waals surface area contributed by atoms with E-state index in [-0.39, 0.29) is 0 Å². The Morgan fingerprint density at radius 3 is 2.88 bits per heavy atom. The van der Waals surface area contributed by atoms with Crippen molar-refractivity contribution in [3.8, 4) is 0 Å². The molecule has 1 unspecified atom stereocenters. The van der Waals surface area contributed by atoms with Gasteiger partial charge in [-0.1, -0.05) is 15.9 Å². The molecule has 1 aromatic rings. The van der Waals surface area contributed by atoms with Crippen LogP contribution in [0.3, 0.4) is 0 Å². The van der Waals surface area contributed by atoms with Crippen LogP contribution >= 0.6 is 27.9 Å². The Morgan fingerprint density at radius 2 is 2.12 bits per heavy atom. The Labute approximate surface area is 115 Å². The van der Waals surface area contributed by atoms with Gasteiger partial charge in [0, 0.05) is 21.5 Å². The number of nitrogens with one attached hydrogen (secondary N) is 1. The summed E-state index contributed by atoms with van der Waals surface area (Å²) in [6.45, 7) is 4.65. The Kier molecular flexibility index (Phi) is 3.48. The second-order valence-corrected chi connectivity index (χ2v) is 6.75. The maximum atomic E-state index is 3.57. The Hall–Kier alpha value is -0.0300. The highest BCUT2D eigenvalue weighted by atomic mass is 79.9. The average molecular weight is 313 g/mol. The Morgan fingerprint density at radius 1 is 1.35 bits per heavy atom. The summed E-state index contributed by atoms with van der Waals surface area (Å²) in [4.78, 5) is 1.43. The SMILES string of the molecule is CC1c2cc(Br)ccc2SN1C1CCNCC1. The van der Waals surface area contributed by atoms with Gasteiger partial charge < -0.3 is 5.32 Å². The van der Waals surface area contributed by atoms with Crippen molar-refractivity contribution < 1.29 is 0 Å². The Balaban J connectivity index is 1.82. The number of benzene rings is 1. The van der Waals surface area contributed by atoms with E-state index in [0.29, 0.717) is 6.04 Å². The topological polar surface area (TPSA) is 15.3 Å². The lowest BCUT2D eigenvalue weighted by atomic mass is 10.0. The third kappa shape index (κ3) is 2.28. The molecule has 2 aliphatic heterocycles. The van der Waals surface area contributed by atoms with Gasteiger partial charge >= 0.3 is 0 Å². The molecule has 4 heteroatoms. The zero-order valence-electron chi connectivity index (χ0n) is 9.95. The predicted octanol–water partition coefficient (Wildman–Crippen LogP) is 3.58. The van der Waals surface area contributed by atoms with Crippen LogP contribution in [0.4, 0.5) is 0 Å². The van der Waals surface area contributed by atoms with Crippen LogP contribution < -0.4 is 5.32 Å². The smallest absolute Gasteiger partial charge is 0.0442 e. The zero-order chi connectivity index (χ0) is 11.8. The molecular weight excluding hydrogens is 296 g/mol. The van der Waals surface area contributed by atoms with E-state index < -0.39 is 0 Å². The summed E-state index contributed by atoms with van der Waals surface area (Å²) in [6, 6.07) is 7.92. The van der Waals surface area contributed by atoms with Crippen LogP contribution in [0, 0.1) is 0 Å². The van der Waals surface area contributed by atoms with E-state index in [1.807, 2.05) is 11.9 Å². The molecule has 2 heterocycles. The number of fused-ring (bicyclic) bond motifs is 1. The fourth-order valence-corrected chi connectivity index (χ4v) is 4.41. The van der Waals surface area contributed by atoms with Crippen LogP contribution in [0.1, 0.15) is 31.4 Å². The van der Waals surface area contributed by atoms with Crippen molar-refractivity contribution in [2.75, 3.05) is 13.1 Å². The Bertz CT molecular complexity index is 418. The first-order valence-electron chi connectivity index (χ1n) is 6.22. The molecule has 1 saturated heterocycles. The lowest BCUT2D eigenvalue weighted by molar-refractivity contribution is 0.245. The lowest BCUT2D eigenvalue weighted by Crippen LogP contribution is -2.39. The van der Waals surface area contributed by atoms with E-state index in [4.69, 9.17) is 0 Å². The van der Waals surface area contributed by atoms with Crippen LogP contribution in [-0.2, 0) is 0 Å². The fraction of sp³-hybridized carbons (Fsp3) is 0.538. The molecule has 2 nitrogen and oxygen atoms in total. The number of rotatable bonds is 1. The van der Waals surface area contributed by atoms with Gasteiger partial charge in [0.1, 0.15) is 0 Å². The third-order valence-electron chi connectivity index (χ3n) is 3.68. The van der Waals surface area contributed by atoms with Crippen LogP contribution in [0.15, 0.2) is 27.6 Å². The van der Waals surface area contributed by atoms with Gasteiger partial charge in [-0.25, -0.2) is 4.31 Å². The summed E-state index contributed by atoms with van der Waals surface area (Å²) in [6.07, 6.45) is 2.54. The normalized spacial score (nSPS) is 26.1. The molecule has 1 fully saturated rings. The number of halogens is 1. The summed E-state index contributed by atoms with van der Waals surface area (Å²) >= 11 is 5.51. The number of hydrogen-bond acceptors (Lipinski definition) is 3. The minimum absolute atomic E-state index is 0.538. The van der Waals surface area contributed by atoms with Gasteiger partial charge in [0.15, 0.2) is 0 Å². The molecule has 1 N–H and O–H groups in total. The van der Waals surface area contributed by atoms with E-state index in [1.54, 1.807) is 0 Å². The van der Waals surface area contributed by atoms with Gasteiger partial charge in [0.2, 0.25) is 0 Å². The highest BCUT2D eigenvalue weighted by molar-refractivity contribution is 9.10. The molecular formula is C13H17BrN2S. The molecule has 0 aliphatic carbocycles. The molecule has 3 rings (SSSR count).